The van der Waals surface area contributed by atoms with Gasteiger partial charge in [-0.2, -0.15) is 5.10 Å². The first-order chi connectivity index (χ1) is 14.7. The Morgan fingerprint density at radius 2 is 1.97 bits per heavy atom. The Hall–Kier alpha value is -2.93. The molecule has 1 aliphatic rings. The fourth-order valence-electron chi connectivity index (χ4n) is 3.74. The van der Waals surface area contributed by atoms with Crippen molar-refractivity contribution in [1.82, 2.24) is 24.6 Å². The van der Waals surface area contributed by atoms with Crippen molar-refractivity contribution < 1.29 is 9.47 Å². The standard InChI is InChI=1S/C23H29N5O2/c1-18-16-25-28(17-18)23-8-9-24-22(26-23)15-19-6-7-20(29-2)21(14-19)30-13-5-12-27-10-3-4-11-27/h6-9,14,16-17H,3-5,10-13,15H2,1-2H3. The molecule has 0 N–H and O–H groups in total. The summed E-state index contributed by atoms with van der Waals surface area (Å²) in [7, 11) is 1.67. The molecule has 7 nitrogen and oxygen atoms in total. The van der Waals surface area contributed by atoms with Crippen molar-refractivity contribution >= 4 is 0 Å². The Morgan fingerprint density at radius 3 is 2.73 bits per heavy atom. The van der Waals surface area contributed by atoms with Crippen LogP contribution in [-0.4, -0.2) is 58.0 Å². The lowest BCUT2D eigenvalue weighted by atomic mass is 10.1. The van der Waals surface area contributed by atoms with Gasteiger partial charge in [0.05, 0.1) is 19.9 Å². The van der Waals surface area contributed by atoms with E-state index in [1.54, 1.807) is 18.0 Å². The van der Waals surface area contributed by atoms with Gasteiger partial charge in [0.1, 0.15) is 5.82 Å². The van der Waals surface area contributed by atoms with Crippen molar-refractivity contribution in [2.75, 3.05) is 33.4 Å². The summed E-state index contributed by atoms with van der Waals surface area (Å²) in [6.45, 7) is 6.22. The van der Waals surface area contributed by atoms with Crippen molar-refractivity contribution in [3.8, 4) is 17.3 Å². The molecule has 7 heteroatoms. The van der Waals surface area contributed by atoms with E-state index in [4.69, 9.17) is 9.47 Å². The summed E-state index contributed by atoms with van der Waals surface area (Å²) >= 11 is 0. The zero-order valence-corrected chi connectivity index (χ0v) is 17.8. The van der Waals surface area contributed by atoms with Gasteiger partial charge in [0.15, 0.2) is 17.3 Å². The Balaban J connectivity index is 1.41. The van der Waals surface area contributed by atoms with Gasteiger partial charge in [-0.05, 0) is 62.5 Å². The first-order valence-corrected chi connectivity index (χ1v) is 10.6. The highest BCUT2D eigenvalue weighted by Gasteiger charge is 2.12. The molecule has 0 bridgehead atoms. The van der Waals surface area contributed by atoms with Crippen LogP contribution in [0.2, 0.25) is 0 Å². The summed E-state index contributed by atoms with van der Waals surface area (Å²) in [6.07, 6.45) is 9.81. The summed E-state index contributed by atoms with van der Waals surface area (Å²) in [5.74, 6) is 3.03. The topological polar surface area (TPSA) is 65.3 Å². The number of nitrogens with zero attached hydrogens (tertiary/aromatic N) is 5. The fraction of sp³-hybridized carbons (Fsp3) is 0.435. The molecule has 4 rings (SSSR count). The van der Waals surface area contributed by atoms with Gasteiger partial charge in [-0.25, -0.2) is 14.6 Å². The molecule has 0 amide bonds. The second-order valence-corrected chi connectivity index (χ2v) is 7.71. The Kier molecular flexibility index (Phi) is 6.59. The van der Waals surface area contributed by atoms with Gasteiger partial charge in [0, 0.05) is 31.4 Å². The van der Waals surface area contributed by atoms with E-state index >= 15 is 0 Å². The summed E-state index contributed by atoms with van der Waals surface area (Å²) in [6, 6.07) is 7.87. The van der Waals surface area contributed by atoms with Crippen molar-refractivity contribution in [3.05, 3.63) is 59.8 Å². The molecular weight excluding hydrogens is 378 g/mol. The summed E-state index contributed by atoms with van der Waals surface area (Å²) < 4.78 is 13.3. The third-order valence-electron chi connectivity index (χ3n) is 5.30. The van der Waals surface area contributed by atoms with E-state index in [0.29, 0.717) is 13.0 Å². The minimum atomic E-state index is 0.613. The Labute approximate surface area is 177 Å². The van der Waals surface area contributed by atoms with Gasteiger partial charge < -0.3 is 14.4 Å². The molecule has 1 aromatic carbocycles. The minimum absolute atomic E-state index is 0.613. The Bertz CT molecular complexity index is 966. The van der Waals surface area contributed by atoms with E-state index in [9.17, 15) is 0 Å². The molecule has 1 saturated heterocycles. The normalized spacial score (nSPS) is 14.2. The van der Waals surface area contributed by atoms with E-state index in [-0.39, 0.29) is 0 Å². The van der Waals surface area contributed by atoms with Crippen molar-refractivity contribution in [2.24, 2.45) is 0 Å². The van der Waals surface area contributed by atoms with E-state index in [1.165, 1.54) is 25.9 Å². The predicted octanol–water partition coefficient (Wildman–Crippen LogP) is 3.43. The van der Waals surface area contributed by atoms with Crippen LogP contribution in [0.25, 0.3) is 5.82 Å². The van der Waals surface area contributed by atoms with Gasteiger partial charge in [0.25, 0.3) is 0 Å². The molecule has 158 valence electrons. The average Bonchev–Trinajstić information content (AvgIpc) is 3.43. The zero-order valence-electron chi connectivity index (χ0n) is 17.8. The van der Waals surface area contributed by atoms with Crippen molar-refractivity contribution in [2.45, 2.75) is 32.6 Å². The summed E-state index contributed by atoms with van der Waals surface area (Å²) in [5, 5.41) is 4.33. The number of ether oxygens (including phenoxy) is 2. The van der Waals surface area contributed by atoms with E-state index in [1.807, 2.05) is 43.6 Å². The molecule has 1 fully saturated rings. The number of hydrogen-bond donors (Lipinski definition) is 0. The van der Waals surface area contributed by atoms with Crippen LogP contribution in [0.15, 0.2) is 42.9 Å². The van der Waals surface area contributed by atoms with Gasteiger partial charge in [-0.1, -0.05) is 6.07 Å². The van der Waals surface area contributed by atoms with Crippen LogP contribution in [0, 0.1) is 6.92 Å². The molecule has 3 heterocycles. The number of aromatic nitrogens is 4. The van der Waals surface area contributed by atoms with Crippen LogP contribution in [0.3, 0.4) is 0 Å². The lowest BCUT2D eigenvalue weighted by Crippen LogP contribution is -2.21. The van der Waals surface area contributed by atoms with Gasteiger partial charge >= 0.3 is 0 Å². The third kappa shape index (κ3) is 5.16. The molecular formula is C23H29N5O2. The van der Waals surface area contributed by atoms with Crippen LogP contribution >= 0.6 is 0 Å². The molecule has 0 radical (unpaired) electrons. The third-order valence-corrected chi connectivity index (χ3v) is 5.30. The predicted molar refractivity (Wildman–Crippen MR) is 115 cm³/mol. The van der Waals surface area contributed by atoms with Crippen LogP contribution in [0.4, 0.5) is 0 Å². The second-order valence-electron chi connectivity index (χ2n) is 7.71. The minimum Gasteiger partial charge on any atom is -0.493 e. The number of hydrogen-bond acceptors (Lipinski definition) is 6. The lowest BCUT2D eigenvalue weighted by Gasteiger charge is -2.16. The number of aryl methyl sites for hydroxylation is 1. The SMILES string of the molecule is COc1ccc(Cc2nccc(-n3cc(C)cn3)n2)cc1OCCCN1CCCC1. The maximum atomic E-state index is 6.06. The zero-order chi connectivity index (χ0) is 20.8. The smallest absolute Gasteiger partial charge is 0.161 e. The van der Waals surface area contributed by atoms with Gasteiger partial charge in [-0.3, -0.25) is 0 Å². The fourth-order valence-corrected chi connectivity index (χ4v) is 3.74. The number of rotatable bonds is 9. The number of benzene rings is 1. The molecule has 30 heavy (non-hydrogen) atoms. The average molecular weight is 408 g/mol. The Morgan fingerprint density at radius 1 is 1.10 bits per heavy atom. The molecule has 0 atom stereocenters. The van der Waals surface area contributed by atoms with Crippen LogP contribution in [0.5, 0.6) is 11.5 Å². The largest absolute Gasteiger partial charge is 0.493 e. The highest BCUT2D eigenvalue weighted by atomic mass is 16.5. The van der Waals surface area contributed by atoms with Crippen molar-refractivity contribution in [1.29, 1.82) is 0 Å². The number of methoxy groups -OCH3 is 1. The highest BCUT2D eigenvalue weighted by molar-refractivity contribution is 5.43. The van der Waals surface area contributed by atoms with E-state index < -0.39 is 0 Å². The molecule has 1 aliphatic heterocycles. The monoisotopic (exact) mass is 407 g/mol. The second kappa shape index (κ2) is 9.71. The van der Waals surface area contributed by atoms with Crippen LogP contribution in [-0.2, 0) is 6.42 Å². The first kappa shape index (κ1) is 20.3. The molecule has 2 aromatic heterocycles. The first-order valence-electron chi connectivity index (χ1n) is 10.6. The van der Waals surface area contributed by atoms with E-state index in [0.717, 1.165) is 47.2 Å². The molecule has 0 saturated carbocycles. The van der Waals surface area contributed by atoms with Gasteiger partial charge in [0.2, 0.25) is 0 Å². The molecule has 0 unspecified atom stereocenters. The van der Waals surface area contributed by atoms with Crippen molar-refractivity contribution in [3.63, 3.8) is 0 Å². The van der Waals surface area contributed by atoms with Crippen LogP contribution < -0.4 is 9.47 Å². The molecule has 3 aromatic rings. The number of likely N-dealkylation sites (tertiary alicyclic amines) is 1. The summed E-state index contributed by atoms with van der Waals surface area (Å²) in [5.41, 5.74) is 2.18. The summed E-state index contributed by atoms with van der Waals surface area (Å²) in [4.78, 5) is 11.6. The van der Waals surface area contributed by atoms with Gasteiger partial charge in [-0.15, -0.1) is 0 Å². The maximum absolute atomic E-state index is 6.06. The molecule has 0 spiro atoms. The lowest BCUT2D eigenvalue weighted by molar-refractivity contribution is 0.254. The maximum Gasteiger partial charge on any atom is 0.161 e. The van der Waals surface area contributed by atoms with Crippen LogP contribution in [0.1, 0.15) is 36.2 Å². The quantitative estimate of drug-likeness (QED) is 0.506. The highest BCUT2D eigenvalue weighted by Crippen LogP contribution is 2.29. The molecule has 0 aliphatic carbocycles. The van der Waals surface area contributed by atoms with E-state index in [2.05, 4.69) is 20.0 Å².